The van der Waals surface area contributed by atoms with E-state index in [0.29, 0.717) is 12.6 Å². The number of benzene rings is 1. The van der Waals surface area contributed by atoms with Crippen LogP contribution in [0.5, 0.6) is 0 Å². The lowest BCUT2D eigenvalue weighted by atomic mass is 10.1. The smallest absolute Gasteiger partial charge is 0.367 e. The number of nitrogens with zero attached hydrogens (tertiary/aromatic N) is 1. The molecule has 0 spiro atoms. The number of rotatable bonds is 3. The maximum absolute atomic E-state index is 13.4. The van der Waals surface area contributed by atoms with Gasteiger partial charge in [0.15, 0.2) is 0 Å². The second-order valence-corrected chi connectivity index (χ2v) is 5.38. The maximum atomic E-state index is 13.4. The second-order valence-electron chi connectivity index (χ2n) is 5.38. The molecule has 1 aliphatic rings. The minimum atomic E-state index is -4.61. The fourth-order valence-electron chi connectivity index (χ4n) is 2.49. The summed E-state index contributed by atoms with van der Waals surface area (Å²) in [5, 5.41) is 0. The van der Waals surface area contributed by atoms with Gasteiger partial charge in [-0.15, -0.1) is 0 Å². The lowest BCUT2D eigenvalue weighted by Gasteiger charge is -2.35. The van der Waals surface area contributed by atoms with Crippen molar-refractivity contribution in [2.75, 3.05) is 13.1 Å². The number of alkyl halides is 3. The highest BCUT2D eigenvalue weighted by Crippen LogP contribution is 2.30. The Balaban J connectivity index is 2.16. The number of primary amides is 1. The van der Waals surface area contributed by atoms with Gasteiger partial charge in [0.05, 0.1) is 11.7 Å². The van der Waals surface area contributed by atoms with Crippen LogP contribution in [0.1, 0.15) is 18.1 Å². The van der Waals surface area contributed by atoms with Crippen LogP contribution < -0.4 is 5.73 Å². The predicted molar refractivity (Wildman–Crippen MR) is 70.2 cm³/mol. The van der Waals surface area contributed by atoms with E-state index < -0.39 is 29.6 Å². The molecular weight excluding hydrogens is 304 g/mol. The number of carbonyl (C=O) groups is 1. The van der Waals surface area contributed by atoms with Gasteiger partial charge in [-0.1, -0.05) is 0 Å². The van der Waals surface area contributed by atoms with Gasteiger partial charge in [0.25, 0.3) is 0 Å². The Labute approximate surface area is 124 Å². The van der Waals surface area contributed by atoms with E-state index in [0.717, 1.165) is 12.1 Å². The first-order chi connectivity index (χ1) is 10.1. The summed E-state index contributed by atoms with van der Waals surface area (Å²) in [6.07, 6.45) is -5.72. The zero-order valence-corrected chi connectivity index (χ0v) is 11.9. The van der Waals surface area contributed by atoms with Gasteiger partial charge >= 0.3 is 6.18 Å². The molecule has 1 saturated heterocycles. The number of hydrogen-bond donors (Lipinski definition) is 1. The summed E-state index contributed by atoms with van der Waals surface area (Å²) in [6, 6.07) is 2.41. The maximum Gasteiger partial charge on any atom is 0.416 e. The van der Waals surface area contributed by atoms with Gasteiger partial charge in [0, 0.05) is 19.6 Å². The number of halogens is 4. The average Bonchev–Trinajstić information content (AvgIpc) is 2.36. The van der Waals surface area contributed by atoms with E-state index in [-0.39, 0.29) is 24.8 Å². The van der Waals surface area contributed by atoms with Gasteiger partial charge in [-0.2, -0.15) is 13.2 Å². The van der Waals surface area contributed by atoms with Gasteiger partial charge in [-0.05, 0) is 30.7 Å². The van der Waals surface area contributed by atoms with Crippen molar-refractivity contribution in [3.63, 3.8) is 0 Å². The molecule has 1 aromatic carbocycles. The fourth-order valence-corrected chi connectivity index (χ4v) is 2.49. The Morgan fingerprint density at radius 2 is 2.05 bits per heavy atom. The van der Waals surface area contributed by atoms with Crippen LogP contribution in [-0.4, -0.2) is 36.1 Å². The monoisotopic (exact) mass is 320 g/mol. The third-order valence-corrected chi connectivity index (χ3v) is 3.34. The topological polar surface area (TPSA) is 55.6 Å². The lowest BCUT2D eigenvalue weighted by molar-refractivity contribution is -0.142. The quantitative estimate of drug-likeness (QED) is 0.866. The summed E-state index contributed by atoms with van der Waals surface area (Å²) in [7, 11) is 0. The van der Waals surface area contributed by atoms with Crippen LogP contribution in [0.15, 0.2) is 18.2 Å². The summed E-state index contributed by atoms with van der Waals surface area (Å²) in [5.74, 6) is -1.58. The highest BCUT2D eigenvalue weighted by Gasteiger charge is 2.32. The van der Waals surface area contributed by atoms with Crippen molar-refractivity contribution >= 4 is 5.91 Å². The Bertz CT molecular complexity index is 562. The Kier molecular flexibility index (Phi) is 4.72. The molecule has 1 aliphatic heterocycles. The predicted octanol–water partition coefficient (Wildman–Crippen LogP) is 1.92. The first-order valence-electron chi connectivity index (χ1n) is 6.69. The summed E-state index contributed by atoms with van der Waals surface area (Å²) in [4.78, 5) is 12.9. The standard InChI is InChI=1S/C14H16F4N2O2/c1-8-5-20(7-12(22-8)13(19)21)6-9-2-10(14(16,17)18)4-11(15)3-9/h2-4,8,12H,5-7H2,1H3,(H2,19,21)/t8-,12?/m1/s1. The van der Waals surface area contributed by atoms with Crippen molar-refractivity contribution in [3.05, 3.63) is 35.1 Å². The van der Waals surface area contributed by atoms with Crippen molar-refractivity contribution in [2.45, 2.75) is 31.9 Å². The molecule has 2 atom stereocenters. The minimum absolute atomic E-state index is 0.0817. The van der Waals surface area contributed by atoms with E-state index in [9.17, 15) is 22.4 Å². The highest BCUT2D eigenvalue weighted by molar-refractivity contribution is 5.79. The zero-order valence-electron chi connectivity index (χ0n) is 11.9. The van der Waals surface area contributed by atoms with Crippen molar-refractivity contribution in [1.29, 1.82) is 0 Å². The molecule has 1 fully saturated rings. The average molecular weight is 320 g/mol. The van der Waals surface area contributed by atoms with E-state index in [1.54, 1.807) is 11.8 Å². The normalized spacial score (nSPS) is 23.5. The molecular formula is C14H16F4N2O2. The molecule has 1 amide bonds. The summed E-state index contributed by atoms with van der Waals surface area (Å²) in [6.45, 7) is 2.40. The van der Waals surface area contributed by atoms with Crippen LogP contribution in [0, 0.1) is 5.82 Å². The Morgan fingerprint density at radius 3 is 2.64 bits per heavy atom. The molecule has 22 heavy (non-hydrogen) atoms. The molecule has 8 heteroatoms. The Morgan fingerprint density at radius 1 is 1.36 bits per heavy atom. The van der Waals surface area contributed by atoms with Crippen LogP contribution in [0.2, 0.25) is 0 Å². The molecule has 0 aromatic heterocycles. The number of ether oxygens (including phenoxy) is 1. The third kappa shape index (κ3) is 4.17. The molecule has 0 radical (unpaired) electrons. The zero-order chi connectivity index (χ0) is 16.5. The molecule has 4 nitrogen and oxygen atoms in total. The van der Waals surface area contributed by atoms with Crippen molar-refractivity contribution in [1.82, 2.24) is 4.90 Å². The van der Waals surface area contributed by atoms with Crippen molar-refractivity contribution < 1.29 is 27.1 Å². The van der Waals surface area contributed by atoms with E-state index in [2.05, 4.69) is 0 Å². The van der Waals surface area contributed by atoms with E-state index in [4.69, 9.17) is 10.5 Å². The largest absolute Gasteiger partial charge is 0.416 e. The van der Waals surface area contributed by atoms with Crippen LogP contribution in [0.4, 0.5) is 17.6 Å². The molecule has 122 valence electrons. The van der Waals surface area contributed by atoms with E-state index >= 15 is 0 Å². The van der Waals surface area contributed by atoms with E-state index in [1.807, 2.05) is 0 Å². The molecule has 2 rings (SSSR count). The minimum Gasteiger partial charge on any atom is -0.367 e. The van der Waals surface area contributed by atoms with Crippen molar-refractivity contribution in [3.8, 4) is 0 Å². The molecule has 1 heterocycles. The third-order valence-electron chi connectivity index (χ3n) is 3.34. The summed E-state index contributed by atoms with van der Waals surface area (Å²) < 4.78 is 56.8. The molecule has 1 unspecified atom stereocenters. The Hall–Kier alpha value is -1.67. The first kappa shape index (κ1) is 16.7. The number of nitrogens with two attached hydrogens (primary N) is 1. The highest BCUT2D eigenvalue weighted by atomic mass is 19.4. The van der Waals surface area contributed by atoms with Crippen molar-refractivity contribution in [2.24, 2.45) is 5.73 Å². The molecule has 0 aliphatic carbocycles. The second kappa shape index (κ2) is 6.21. The number of morpholine rings is 1. The van der Waals surface area contributed by atoms with Crippen LogP contribution in [-0.2, 0) is 22.3 Å². The van der Waals surface area contributed by atoms with Gasteiger partial charge < -0.3 is 10.5 Å². The van der Waals surface area contributed by atoms with Crippen LogP contribution in [0.3, 0.4) is 0 Å². The van der Waals surface area contributed by atoms with Crippen LogP contribution >= 0.6 is 0 Å². The lowest BCUT2D eigenvalue weighted by Crippen LogP contribution is -2.51. The van der Waals surface area contributed by atoms with Gasteiger partial charge in [0.1, 0.15) is 11.9 Å². The number of carbonyl (C=O) groups excluding carboxylic acids is 1. The molecule has 0 bridgehead atoms. The van der Waals surface area contributed by atoms with E-state index in [1.165, 1.54) is 0 Å². The van der Waals surface area contributed by atoms with Crippen LogP contribution in [0.25, 0.3) is 0 Å². The van der Waals surface area contributed by atoms with Gasteiger partial charge in [-0.25, -0.2) is 4.39 Å². The summed E-state index contributed by atoms with van der Waals surface area (Å²) in [5.41, 5.74) is 4.34. The molecule has 0 saturated carbocycles. The fraction of sp³-hybridized carbons (Fsp3) is 0.500. The summed E-state index contributed by atoms with van der Waals surface area (Å²) >= 11 is 0. The first-order valence-corrected chi connectivity index (χ1v) is 6.69. The van der Waals surface area contributed by atoms with Gasteiger partial charge in [0.2, 0.25) is 5.91 Å². The molecule has 1 aromatic rings. The SMILES string of the molecule is C[C@@H]1CN(Cc2cc(F)cc(C(F)(F)F)c2)CC(C(N)=O)O1. The van der Waals surface area contributed by atoms with Gasteiger partial charge in [-0.3, -0.25) is 9.69 Å². The molecule has 2 N–H and O–H groups in total. The number of hydrogen-bond acceptors (Lipinski definition) is 3. The number of amides is 1.